The molecule has 0 spiro atoms. The van der Waals surface area contributed by atoms with Crippen molar-refractivity contribution in [1.29, 1.82) is 0 Å². The molecule has 0 bridgehead atoms. The number of anilines is 1. The molecule has 1 saturated heterocycles. The van der Waals surface area contributed by atoms with Gasteiger partial charge in [0.05, 0.1) is 11.7 Å². The Kier molecular flexibility index (Phi) is 7.46. The summed E-state index contributed by atoms with van der Waals surface area (Å²) in [5, 5.41) is 2.87. The Hall–Kier alpha value is -2.86. The predicted molar refractivity (Wildman–Crippen MR) is 115 cm³/mol. The first-order valence-electron chi connectivity index (χ1n) is 10.3. The van der Waals surface area contributed by atoms with E-state index in [0.29, 0.717) is 17.9 Å². The van der Waals surface area contributed by atoms with Gasteiger partial charge in [-0.05, 0) is 61.1 Å². The maximum atomic E-state index is 12.3. The first kappa shape index (κ1) is 21.8. The summed E-state index contributed by atoms with van der Waals surface area (Å²) in [6, 6.07) is 12.6. The number of carbonyl (C=O) groups is 2. The molecule has 3 rings (SSSR count). The average Bonchev–Trinajstić information content (AvgIpc) is 3.26. The lowest BCUT2D eigenvalue weighted by atomic mass is 9.98. The standard InChI is InChI=1S/C24H29NO5/c1-16(2)21-8-4-6-17(3)23(21)25-22(26)15-30-24(27)18-9-11-19(12-10-18)29-14-20-7-5-13-28-20/h4,6,8-12,16,20H,5,7,13-15H2,1-3H3,(H,25,26)/t20-/m1/s1. The number of ether oxygens (including phenoxy) is 3. The molecule has 0 aromatic heterocycles. The maximum absolute atomic E-state index is 12.3. The number of benzene rings is 2. The quantitative estimate of drug-likeness (QED) is 0.649. The topological polar surface area (TPSA) is 73.9 Å². The van der Waals surface area contributed by atoms with Gasteiger partial charge < -0.3 is 19.5 Å². The molecule has 160 valence electrons. The fourth-order valence-corrected chi connectivity index (χ4v) is 3.38. The molecule has 0 radical (unpaired) electrons. The number of amides is 1. The van der Waals surface area contributed by atoms with Gasteiger partial charge in [-0.15, -0.1) is 0 Å². The summed E-state index contributed by atoms with van der Waals surface area (Å²) in [4.78, 5) is 24.6. The van der Waals surface area contributed by atoms with E-state index in [1.165, 1.54) is 0 Å². The van der Waals surface area contributed by atoms with Crippen LogP contribution in [0.25, 0.3) is 0 Å². The lowest BCUT2D eigenvalue weighted by molar-refractivity contribution is -0.119. The summed E-state index contributed by atoms with van der Waals surface area (Å²) < 4.78 is 16.4. The third-order valence-electron chi connectivity index (χ3n) is 5.08. The highest BCUT2D eigenvalue weighted by Gasteiger charge is 2.17. The molecule has 1 aliphatic rings. The van der Waals surface area contributed by atoms with Gasteiger partial charge in [-0.25, -0.2) is 4.79 Å². The van der Waals surface area contributed by atoms with Gasteiger partial charge in [-0.1, -0.05) is 32.0 Å². The zero-order valence-corrected chi connectivity index (χ0v) is 17.8. The number of nitrogens with one attached hydrogen (secondary N) is 1. The molecule has 1 heterocycles. The molecule has 1 atom stereocenters. The Morgan fingerprint density at radius 3 is 2.60 bits per heavy atom. The van der Waals surface area contributed by atoms with Gasteiger partial charge in [0.15, 0.2) is 6.61 Å². The van der Waals surface area contributed by atoms with Crippen LogP contribution in [0.2, 0.25) is 0 Å². The van der Waals surface area contributed by atoms with Crippen LogP contribution in [0.5, 0.6) is 5.75 Å². The minimum atomic E-state index is -0.551. The Labute approximate surface area is 177 Å². The van der Waals surface area contributed by atoms with Crippen LogP contribution in [0, 0.1) is 6.92 Å². The second-order valence-electron chi connectivity index (χ2n) is 7.79. The summed E-state index contributed by atoms with van der Waals surface area (Å²) in [6.45, 7) is 7.02. The van der Waals surface area contributed by atoms with E-state index < -0.39 is 5.97 Å². The monoisotopic (exact) mass is 411 g/mol. The maximum Gasteiger partial charge on any atom is 0.338 e. The van der Waals surface area contributed by atoms with Crippen molar-refractivity contribution in [2.45, 2.75) is 45.6 Å². The summed E-state index contributed by atoms with van der Waals surface area (Å²) in [5.41, 5.74) is 3.17. The Bertz CT molecular complexity index is 870. The number of carbonyl (C=O) groups excluding carboxylic acids is 2. The first-order chi connectivity index (χ1) is 14.4. The third-order valence-corrected chi connectivity index (χ3v) is 5.08. The smallest absolute Gasteiger partial charge is 0.338 e. The number of esters is 1. The molecule has 1 amide bonds. The highest BCUT2D eigenvalue weighted by molar-refractivity contribution is 5.96. The molecule has 0 unspecified atom stereocenters. The average molecular weight is 411 g/mol. The van der Waals surface area contributed by atoms with Crippen LogP contribution in [-0.4, -0.2) is 37.8 Å². The molecule has 1 aliphatic heterocycles. The number of para-hydroxylation sites is 1. The van der Waals surface area contributed by atoms with E-state index >= 15 is 0 Å². The van der Waals surface area contributed by atoms with E-state index in [4.69, 9.17) is 14.2 Å². The van der Waals surface area contributed by atoms with Crippen molar-refractivity contribution >= 4 is 17.6 Å². The van der Waals surface area contributed by atoms with Gasteiger partial charge >= 0.3 is 5.97 Å². The van der Waals surface area contributed by atoms with Gasteiger partial charge in [0.2, 0.25) is 0 Å². The van der Waals surface area contributed by atoms with Crippen molar-refractivity contribution in [3.8, 4) is 5.75 Å². The Morgan fingerprint density at radius 2 is 1.93 bits per heavy atom. The van der Waals surface area contributed by atoms with E-state index in [2.05, 4.69) is 19.2 Å². The van der Waals surface area contributed by atoms with Crippen molar-refractivity contribution in [2.24, 2.45) is 0 Å². The molecule has 0 saturated carbocycles. The number of rotatable bonds is 8. The minimum absolute atomic E-state index is 0.137. The summed E-state index contributed by atoms with van der Waals surface area (Å²) in [6.07, 6.45) is 2.21. The predicted octanol–water partition coefficient (Wildman–Crippen LogP) is 4.47. The molecule has 0 aliphatic carbocycles. The summed E-state index contributed by atoms with van der Waals surface area (Å²) in [5.74, 6) is 0.0186. The third kappa shape index (κ3) is 5.83. The van der Waals surface area contributed by atoms with Crippen LogP contribution in [0.3, 0.4) is 0 Å². The van der Waals surface area contributed by atoms with E-state index in [-0.39, 0.29) is 24.5 Å². The van der Waals surface area contributed by atoms with Crippen LogP contribution in [0.15, 0.2) is 42.5 Å². The van der Waals surface area contributed by atoms with Crippen molar-refractivity contribution in [2.75, 3.05) is 25.1 Å². The molecular weight excluding hydrogens is 382 g/mol. The second kappa shape index (κ2) is 10.3. The van der Waals surface area contributed by atoms with E-state index in [1.54, 1.807) is 24.3 Å². The normalized spacial score (nSPS) is 15.8. The zero-order chi connectivity index (χ0) is 21.5. The van der Waals surface area contributed by atoms with Crippen LogP contribution in [0.1, 0.15) is 54.1 Å². The van der Waals surface area contributed by atoms with Gasteiger partial charge in [0, 0.05) is 12.3 Å². The molecule has 2 aromatic carbocycles. The van der Waals surface area contributed by atoms with Gasteiger partial charge in [0.25, 0.3) is 5.91 Å². The van der Waals surface area contributed by atoms with E-state index in [0.717, 1.165) is 36.3 Å². The molecule has 1 fully saturated rings. The van der Waals surface area contributed by atoms with Crippen LogP contribution >= 0.6 is 0 Å². The summed E-state index contributed by atoms with van der Waals surface area (Å²) in [7, 11) is 0. The van der Waals surface area contributed by atoms with Crippen molar-refractivity contribution in [1.82, 2.24) is 0 Å². The first-order valence-corrected chi connectivity index (χ1v) is 10.3. The van der Waals surface area contributed by atoms with Gasteiger partial charge in [0.1, 0.15) is 12.4 Å². The van der Waals surface area contributed by atoms with E-state index in [9.17, 15) is 9.59 Å². The summed E-state index contributed by atoms with van der Waals surface area (Å²) >= 11 is 0. The lowest BCUT2D eigenvalue weighted by Crippen LogP contribution is -2.22. The zero-order valence-electron chi connectivity index (χ0n) is 17.8. The molecule has 6 nitrogen and oxygen atoms in total. The Balaban J connectivity index is 1.50. The van der Waals surface area contributed by atoms with Crippen LogP contribution in [-0.2, 0) is 14.3 Å². The van der Waals surface area contributed by atoms with Crippen molar-refractivity contribution in [3.63, 3.8) is 0 Å². The number of hydrogen-bond acceptors (Lipinski definition) is 5. The number of hydrogen-bond donors (Lipinski definition) is 1. The Morgan fingerprint density at radius 1 is 1.17 bits per heavy atom. The largest absolute Gasteiger partial charge is 0.491 e. The van der Waals surface area contributed by atoms with Gasteiger partial charge in [-0.2, -0.15) is 0 Å². The van der Waals surface area contributed by atoms with Crippen LogP contribution < -0.4 is 10.1 Å². The highest BCUT2D eigenvalue weighted by Crippen LogP contribution is 2.27. The van der Waals surface area contributed by atoms with Crippen LogP contribution in [0.4, 0.5) is 5.69 Å². The highest BCUT2D eigenvalue weighted by atomic mass is 16.5. The minimum Gasteiger partial charge on any atom is -0.491 e. The fourth-order valence-electron chi connectivity index (χ4n) is 3.38. The van der Waals surface area contributed by atoms with E-state index in [1.807, 2.05) is 25.1 Å². The lowest BCUT2D eigenvalue weighted by Gasteiger charge is -2.16. The molecule has 2 aromatic rings. The SMILES string of the molecule is Cc1cccc(C(C)C)c1NC(=O)COC(=O)c1ccc(OC[C@H]2CCCO2)cc1. The second-order valence-corrected chi connectivity index (χ2v) is 7.79. The molecule has 6 heteroatoms. The fraction of sp³-hybridized carbons (Fsp3) is 0.417. The molecule has 30 heavy (non-hydrogen) atoms. The van der Waals surface area contributed by atoms with Crippen molar-refractivity contribution < 1.29 is 23.8 Å². The van der Waals surface area contributed by atoms with Crippen molar-refractivity contribution in [3.05, 3.63) is 59.2 Å². The molecule has 1 N–H and O–H groups in total. The molecular formula is C24H29NO5. The number of aryl methyl sites for hydroxylation is 1. The van der Waals surface area contributed by atoms with Gasteiger partial charge in [-0.3, -0.25) is 4.79 Å².